The van der Waals surface area contributed by atoms with Gasteiger partial charge in [0.15, 0.2) is 5.78 Å². The Morgan fingerprint density at radius 2 is 1.85 bits per heavy atom. The molecule has 2 rings (SSSR count). The van der Waals surface area contributed by atoms with Gasteiger partial charge in [0.25, 0.3) is 0 Å². The van der Waals surface area contributed by atoms with E-state index < -0.39 is 5.60 Å². The Morgan fingerprint density at radius 1 is 1.25 bits per heavy atom. The number of likely N-dealkylation sites (N-methyl/N-ethyl adjacent to an activating group) is 1. The van der Waals surface area contributed by atoms with Crippen LogP contribution in [0.3, 0.4) is 0 Å². The van der Waals surface area contributed by atoms with E-state index in [4.69, 9.17) is 4.74 Å². The fraction of sp³-hybridized carbons (Fsp3) is 0.867. The van der Waals surface area contributed by atoms with Crippen molar-refractivity contribution in [1.82, 2.24) is 9.80 Å². The first-order valence-corrected chi connectivity index (χ1v) is 7.55. The summed E-state index contributed by atoms with van der Waals surface area (Å²) in [5.41, 5.74) is -0.780. The number of carbonyl (C=O) groups excluding carboxylic acids is 2. The van der Waals surface area contributed by atoms with Gasteiger partial charge in [0, 0.05) is 26.1 Å². The highest BCUT2D eigenvalue weighted by Crippen LogP contribution is 2.35. The molecule has 0 aliphatic carbocycles. The molecular weight excluding hydrogens is 256 g/mol. The van der Waals surface area contributed by atoms with E-state index in [1.54, 1.807) is 4.90 Å². The van der Waals surface area contributed by atoms with E-state index in [0.717, 1.165) is 25.9 Å². The number of piperidine rings is 1. The first kappa shape index (κ1) is 15.3. The van der Waals surface area contributed by atoms with Crippen LogP contribution in [0.4, 0.5) is 4.79 Å². The van der Waals surface area contributed by atoms with Crippen molar-refractivity contribution in [2.75, 3.05) is 26.2 Å². The van der Waals surface area contributed by atoms with Crippen LogP contribution in [-0.4, -0.2) is 59.0 Å². The van der Waals surface area contributed by atoms with E-state index in [1.165, 1.54) is 0 Å². The van der Waals surface area contributed by atoms with Crippen molar-refractivity contribution in [2.45, 2.75) is 58.1 Å². The fourth-order valence-corrected chi connectivity index (χ4v) is 3.30. The molecule has 0 unspecified atom stereocenters. The summed E-state index contributed by atoms with van der Waals surface area (Å²) in [5, 5.41) is 0. The van der Waals surface area contributed by atoms with E-state index in [0.29, 0.717) is 25.3 Å². The molecule has 0 aromatic rings. The molecule has 0 aromatic carbocycles. The highest BCUT2D eigenvalue weighted by molar-refractivity contribution is 5.91. The van der Waals surface area contributed by atoms with Crippen LogP contribution in [0.5, 0.6) is 0 Å². The summed E-state index contributed by atoms with van der Waals surface area (Å²) >= 11 is 0. The van der Waals surface area contributed by atoms with Gasteiger partial charge in [0.1, 0.15) is 5.60 Å². The molecule has 0 N–H and O–H groups in total. The molecular formula is C15H26N2O3. The number of likely N-dealkylation sites (tertiary alicyclic amines) is 2. The zero-order valence-corrected chi connectivity index (χ0v) is 13.1. The first-order chi connectivity index (χ1) is 9.28. The summed E-state index contributed by atoms with van der Waals surface area (Å²) in [5.74, 6) is 0.350. The molecule has 2 heterocycles. The number of amides is 1. The van der Waals surface area contributed by atoms with Crippen LogP contribution < -0.4 is 0 Å². The van der Waals surface area contributed by atoms with Crippen LogP contribution in [-0.2, 0) is 9.53 Å². The number of ketones is 1. The lowest BCUT2D eigenvalue weighted by Gasteiger charge is -2.43. The molecule has 0 saturated carbocycles. The number of carbonyl (C=O) groups is 2. The van der Waals surface area contributed by atoms with E-state index in [-0.39, 0.29) is 11.6 Å². The smallest absolute Gasteiger partial charge is 0.410 e. The molecule has 0 atom stereocenters. The monoisotopic (exact) mass is 282 g/mol. The topological polar surface area (TPSA) is 49.9 Å². The minimum absolute atomic E-state index is 0.263. The standard InChI is InChI=1S/C15H26N2O3/c1-5-17-9-6-12(18)15(17)7-10-16(11-8-15)13(19)20-14(2,3)4/h5-11H2,1-4H3. The van der Waals surface area contributed by atoms with E-state index in [2.05, 4.69) is 11.8 Å². The van der Waals surface area contributed by atoms with Gasteiger partial charge >= 0.3 is 6.09 Å². The van der Waals surface area contributed by atoms with E-state index >= 15 is 0 Å². The predicted molar refractivity (Wildman–Crippen MR) is 76.6 cm³/mol. The third-order valence-electron chi connectivity index (χ3n) is 4.36. The minimum Gasteiger partial charge on any atom is -0.444 e. The number of ether oxygens (including phenoxy) is 1. The summed E-state index contributed by atoms with van der Waals surface area (Å²) in [6.07, 6.45) is 1.86. The van der Waals surface area contributed by atoms with Gasteiger partial charge in [-0.05, 0) is 40.2 Å². The number of hydrogen-bond donors (Lipinski definition) is 0. The molecule has 5 heteroatoms. The summed E-state index contributed by atoms with van der Waals surface area (Å²) in [7, 11) is 0. The fourth-order valence-electron chi connectivity index (χ4n) is 3.30. The van der Waals surface area contributed by atoms with Crippen molar-refractivity contribution in [2.24, 2.45) is 0 Å². The lowest BCUT2D eigenvalue weighted by molar-refractivity contribution is -0.127. The van der Waals surface area contributed by atoms with Gasteiger partial charge in [-0.1, -0.05) is 6.92 Å². The van der Waals surface area contributed by atoms with Gasteiger partial charge in [0.05, 0.1) is 5.54 Å². The second-order valence-corrected chi connectivity index (χ2v) is 6.75. The van der Waals surface area contributed by atoms with Gasteiger partial charge in [0.2, 0.25) is 0 Å². The quantitative estimate of drug-likeness (QED) is 0.738. The highest BCUT2D eigenvalue weighted by atomic mass is 16.6. The van der Waals surface area contributed by atoms with Gasteiger partial charge in [-0.15, -0.1) is 0 Å². The normalized spacial score (nSPS) is 23.4. The maximum atomic E-state index is 12.2. The first-order valence-electron chi connectivity index (χ1n) is 7.55. The van der Waals surface area contributed by atoms with Crippen LogP contribution in [0.1, 0.15) is 47.0 Å². The van der Waals surface area contributed by atoms with Crippen molar-refractivity contribution in [3.8, 4) is 0 Å². The Hall–Kier alpha value is -1.10. The SMILES string of the molecule is CCN1CCC(=O)C12CCN(C(=O)OC(C)(C)C)CC2. The Kier molecular flexibility index (Phi) is 4.09. The molecule has 5 nitrogen and oxygen atoms in total. The van der Waals surface area contributed by atoms with Crippen LogP contribution in [0, 0.1) is 0 Å². The third kappa shape index (κ3) is 2.82. The lowest BCUT2D eigenvalue weighted by atomic mass is 9.84. The Bertz CT molecular complexity index is 392. The van der Waals surface area contributed by atoms with E-state index in [9.17, 15) is 9.59 Å². The van der Waals surface area contributed by atoms with Crippen LogP contribution in [0.2, 0.25) is 0 Å². The summed E-state index contributed by atoms with van der Waals surface area (Å²) in [6.45, 7) is 10.7. The number of nitrogens with zero attached hydrogens (tertiary/aromatic N) is 2. The molecule has 20 heavy (non-hydrogen) atoms. The second kappa shape index (κ2) is 5.35. The molecule has 2 aliphatic heterocycles. The molecule has 2 aliphatic rings. The van der Waals surface area contributed by atoms with E-state index in [1.807, 2.05) is 20.8 Å². The summed E-state index contributed by atoms with van der Waals surface area (Å²) < 4.78 is 5.40. The predicted octanol–water partition coefficient (Wildman–Crippen LogP) is 2.05. The summed E-state index contributed by atoms with van der Waals surface area (Å²) in [4.78, 5) is 28.3. The Balaban J connectivity index is 1.98. The zero-order chi connectivity index (χ0) is 15.0. The molecule has 1 spiro atoms. The van der Waals surface area contributed by atoms with Gasteiger partial charge < -0.3 is 9.64 Å². The summed E-state index contributed by atoms with van der Waals surface area (Å²) in [6, 6.07) is 0. The third-order valence-corrected chi connectivity index (χ3v) is 4.36. The zero-order valence-electron chi connectivity index (χ0n) is 13.1. The highest BCUT2D eigenvalue weighted by Gasteiger charge is 2.49. The number of hydrogen-bond acceptors (Lipinski definition) is 4. The molecule has 114 valence electrons. The van der Waals surface area contributed by atoms with Crippen molar-refractivity contribution in [1.29, 1.82) is 0 Å². The maximum Gasteiger partial charge on any atom is 0.410 e. The van der Waals surface area contributed by atoms with Crippen LogP contribution in [0.15, 0.2) is 0 Å². The van der Waals surface area contributed by atoms with Crippen LogP contribution >= 0.6 is 0 Å². The number of rotatable bonds is 1. The van der Waals surface area contributed by atoms with Crippen molar-refractivity contribution in [3.63, 3.8) is 0 Å². The van der Waals surface area contributed by atoms with Crippen molar-refractivity contribution in [3.05, 3.63) is 0 Å². The Labute approximate surface area is 121 Å². The molecule has 1 amide bonds. The molecule has 2 saturated heterocycles. The van der Waals surface area contributed by atoms with Crippen molar-refractivity contribution < 1.29 is 14.3 Å². The molecule has 0 radical (unpaired) electrons. The van der Waals surface area contributed by atoms with Crippen molar-refractivity contribution >= 4 is 11.9 Å². The average molecular weight is 282 g/mol. The number of Topliss-reactive ketones (excluding diaryl/α,β-unsaturated/α-hetero) is 1. The minimum atomic E-state index is -0.467. The molecule has 0 aromatic heterocycles. The lowest BCUT2D eigenvalue weighted by Crippen LogP contribution is -2.56. The van der Waals surface area contributed by atoms with Crippen LogP contribution in [0.25, 0.3) is 0 Å². The Morgan fingerprint density at radius 3 is 2.35 bits per heavy atom. The molecule has 2 fully saturated rings. The van der Waals surface area contributed by atoms with Gasteiger partial charge in [-0.2, -0.15) is 0 Å². The largest absolute Gasteiger partial charge is 0.444 e. The molecule has 0 bridgehead atoms. The van der Waals surface area contributed by atoms with Gasteiger partial charge in [-0.25, -0.2) is 4.79 Å². The van der Waals surface area contributed by atoms with Gasteiger partial charge in [-0.3, -0.25) is 9.69 Å². The average Bonchev–Trinajstić information content (AvgIpc) is 2.65. The second-order valence-electron chi connectivity index (χ2n) is 6.75. The maximum absolute atomic E-state index is 12.2.